The maximum Gasteiger partial charge on any atom is 0.330 e. The summed E-state index contributed by atoms with van der Waals surface area (Å²) in [5.74, 6) is -5.45. The predicted molar refractivity (Wildman–Crippen MR) is 165 cm³/mol. The Balaban J connectivity index is 1.58. The molecule has 0 radical (unpaired) electrons. The van der Waals surface area contributed by atoms with Crippen molar-refractivity contribution in [2.75, 3.05) is 0 Å². The molecule has 3 saturated heterocycles. The molecule has 0 spiro atoms. The number of carbonyl (C=O) groups excluding carboxylic acids is 1. The number of aliphatic carboxylic acids is 1. The van der Waals surface area contributed by atoms with Gasteiger partial charge >= 0.3 is 11.9 Å². The standard InChI is InChI=1S/C33H47NO13/c1-18-10-8-6-4-3-5-7-9-11-21(45-32-30(39)28(34)29(38)19(2)44-32)15-25-27(31(40)41)22(36)17-33(42,47-25)16-20(35)14-24-23(46-24)12-13-26(37)43-18/h3-9,11-13,18-25,27-30,32,35-36,38-39,42H,10,14-17,34H2,1-2H3,(H,40,41)/b4-3+,7-5+,8-6+,11-9+,13-12+/t18-,19?,20+,21+,22+,23-,24-,25+,27-,28?,29+,30-,32+,33-/m1/s1. The van der Waals surface area contributed by atoms with Gasteiger partial charge < -0.3 is 60.1 Å². The van der Waals surface area contributed by atoms with Crippen LogP contribution < -0.4 is 5.73 Å². The molecule has 0 aliphatic carbocycles. The zero-order valence-corrected chi connectivity index (χ0v) is 26.4. The number of aliphatic hydroxyl groups excluding tert-OH is 4. The van der Waals surface area contributed by atoms with E-state index in [0.717, 1.165) is 0 Å². The van der Waals surface area contributed by atoms with Crippen molar-refractivity contribution in [2.24, 2.45) is 11.7 Å². The Morgan fingerprint density at radius 2 is 1.64 bits per heavy atom. The molecule has 0 aromatic rings. The highest BCUT2D eigenvalue weighted by Gasteiger charge is 2.51. The number of epoxide rings is 1. The number of carboxylic acids is 1. The van der Waals surface area contributed by atoms with Gasteiger partial charge in [-0.3, -0.25) is 4.79 Å². The van der Waals surface area contributed by atoms with E-state index in [1.54, 1.807) is 56.4 Å². The summed E-state index contributed by atoms with van der Waals surface area (Å²) < 4.78 is 28.5. The van der Waals surface area contributed by atoms with Gasteiger partial charge in [-0.15, -0.1) is 0 Å². The summed E-state index contributed by atoms with van der Waals surface area (Å²) in [4.78, 5) is 24.4. The molecule has 4 rings (SSSR count). The molecule has 14 nitrogen and oxygen atoms in total. The summed E-state index contributed by atoms with van der Waals surface area (Å²) in [6.45, 7) is 3.34. The van der Waals surface area contributed by atoms with E-state index >= 15 is 0 Å². The summed E-state index contributed by atoms with van der Waals surface area (Å²) in [5.41, 5.74) is 5.98. The van der Waals surface area contributed by atoms with Crippen LogP contribution in [0.25, 0.3) is 0 Å². The number of hydrogen-bond donors (Lipinski definition) is 7. The van der Waals surface area contributed by atoms with E-state index in [1.807, 2.05) is 6.08 Å². The Bertz CT molecular complexity index is 1220. The van der Waals surface area contributed by atoms with Crippen molar-refractivity contribution in [1.82, 2.24) is 0 Å². The van der Waals surface area contributed by atoms with E-state index in [-0.39, 0.29) is 25.4 Å². The van der Waals surface area contributed by atoms with Crippen LogP contribution in [0.1, 0.15) is 46.0 Å². The average Bonchev–Trinajstić information content (AvgIpc) is 3.72. The molecule has 4 heterocycles. The third kappa shape index (κ3) is 10.6. The van der Waals surface area contributed by atoms with Crippen LogP contribution >= 0.6 is 0 Å². The first-order valence-corrected chi connectivity index (χ1v) is 15.9. The number of carbonyl (C=O) groups is 2. The topological polar surface area (TPSA) is 231 Å². The number of hydrogen-bond acceptors (Lipinski definition) is 13. The zero-order valence-electron chi connectivity index (χ0n) is 26.4. The van der Waals surface area contributed by atoms with Gasteiger partial charge in [0.1, 0.15) is 24.2 Å². The third-order valence-electron chi connectivity index (χ3n) is 8.58. The smallest absolute Gasteiger partial charge is 0.330 e. The van der Waals surface area contributed by atoms with E-state index in [2.05, 4.69) is 0 Å². The fourth-order valence-electron chi connectivity index (χ4n) is 6.00. The lowest BCUT2D eigenvalue weighted by Gasteiger charge is -2.45. The number of esters is 1. The van der Waals surface area contributed by atoms with Crippen LogP contribution in [-0.2, 0) is 33.3 Å². The minimum Gasteiger partial charge on any atom is -0.481 e. The van der Waals surface area contributed by atoms with Crippen molar-refractivity contribution in [1.29, 1.82) is 0 Å². The molecule has 47 heavy (non-hydrogen) atoms. The number of nitrogens with two attached hydrogens (primary N) is 1. The van der Waals surface area contributed by atoms with Crippen LogP contribution in [0.15, 0.2) is 60.8 Å². The molecule has 0 saturated carbocycles. The molecule has 4 aliphatic rings. The highest BCUT2D eigenvalue weighted by Crippen LogP contribution is 2.39. The average molecular weight is 666 g/mol. The summed E-state index contributed by atoms with van der Waals surface area (Å²) in [6, 6.07) is -1.08. The van der Waals surface area contributed by atoms with Crippen molar-refractivity contribution >= 4 is 11.9 Å². The minimum atomic E-state index is -2.10. The van der Waals surface area contributed by atoms with E-state index in [9.17, 15) is 40.2 Å². The van der Waals surface area contributed by atoms with E-state index < -0.39 is 97.3 Å². The number of ether oxygens (including phenoxy) is 5. The first-order valence-electron chi connectivity index (χ1n) is 15.9. The number of allylic oxidation sites excluding steroid dienone is 6. The molecule has 4 aliphatic heterocycles. The van der Waals surface area contributed by atoms with Gasteiger partial charge in [0.25, 0.3) is 0 Å². The van der Waals surface area contributed by atoms with Gasteiger partial charge in [-0.2, -0.15) is 0 Å². The number of rotatable bonds is 3. The van der Waals surface area contributed by atoms with E-state index in [4.69, 9.17) is 29.4 Å². The molecule has 14 atom stereocenters. The lowest BCUT2D eigenvalue weighted by atomic mass is 9.83. The van der Waals surface area contributed by atoms with Crippen molar-refractivity contribution in [3.8, 4) is 0 Å². The van der Waals surface area contributed by atoms with Crippen molar-refractivity contribution in [2.45, 2.75) is 125 Å². The number of carboxylic acid groups (broad SMARTS) is 1. The van der Waals surface area contributed by atoms with Crippen molar-refractivity contribution in [3.05, 3.63) is 60.8 Å². The number of cyclic esters (lactones) is 1. The summed E-state index contributed by atoms with van der Waals surface area (Å²) in [6.07, 6.45) is 5.25. The van der Waals surface area contributed by atoms with Gasteiger partial charge in [0.05, 0.1) is 48.8 Å². The van der Waals surface area contributed by atoms with Crippen LogP contribution in [0.3, 0.4) is 0 Å². The predicted octanol–water partition coefficient (Wildman–Crippen LogP) is 0.120. The van der Waals surface area contributed by atoms with E-state index in [0.29, 0.717) is 6.42 Å². The van der Waals surface area contributed by atoms with Crippen LogP contribution in [0, 0.1) is 5.92 Å². The second kappa shape index (κ2) is 16.6. The minimum absolute atomic E-state index is 0.0789. The van der Waals surface area contributed by atoms with Crippen molar-refractivity contribution < 1.29 is 63.9 Å². The molecule has 2 bridgehead atoms. The SMILES string of the molecule is CC1O[C@@H](O[C@H]2/C=C/C=C/C=C/C=C/C[C@@H](C)OC(=O)/C=C/[C@H]3O[C@@H]3C[C@H](O)C[C@]3(O)C[C@H](O)[C@@H](C(=O)O)[C@H](C2)O3)[C@H](O)C(N)[C@H]1O. The first-order chi connectivity index (χ1) is 22.3. The van der Waals surface area contributed by atoms with Crippen LogP contribution in [0.4, 0.5) is 0 Å². The Morgan fingerprint density at radius 1 is 0.936 bits per heavy atom. The van der Waals surface area contributed by atoms with Gasteiger partial charge in [0.15, 0.2) is 12.1 Å². The lowest BCUT2D eigenvalue weighted by molar-refractivity contribution is -0.308. The fraction of sp³-hybridized carbons (Fsp3) is 0.636. The maximum atomic E-state index is 12.3. The summed E-state index contributed by atoms with van der Waals surface area (Å²) in [5, 5.41) is 63.9. The van der Waals surface area contributed by atoms with Crippen LogP contribution in [0.5, 0.6) is 0 Å². The molecule has 3 fully saturated rings. The van der Waals surface area contributed by atoms with Gasteiger partial charge in [-0.25, -0.2) is 4.79 Å². The molecule has 0 aromatic heterocycles. The third-order valence-corrected chi connectivity index (χ3v) is 8.58. The zero-order chi connectivity index (χ0) is 34.3. The highest BCUT2D eigenvalue weighted by atomic mass is 16.7. The monoisotopic (exact) mass is 665 g/mol. The van der Waals surface area contributed by atoms with Crippen molar-refractivity contribution in [3.63, 3.8) is 0 Å². The van der Waals surface area contributed by atoms with Gasteiger partial charge in [0.2, 0.25) is 0 Å². The first kappa shape index (κ1) is 37.1. The molecule has 2 unspecified atom stereocenters. The Labute approximate surface area is 273 Å². The maximum absolute atomic E-state index is 12.3. The normalized spacial score (nSPS) is 47.2. The van der Waals surface area contributed by atoms with Gasteiger partial charge in [-0.05, 0) is 19.9 Å². The molecule has 262 valence electrons. The molecule has 14 heteroatoms. The van der Waals surface area contributed by atoms with Gasteiger partial charge in [-0.1, -0.05) is 48.6 Å². The molecular formula is C33H47NO13. The van der Waals surface area contributed by atoms with E-state index in [1.165, 1.54) is 12.2 Å². The Hall–Kier alpha value is -2.76. The molecule has 0 aromatic carbocycles. The Kier molecular flexibility index (Phi) is 13.1. The van der Waals surface area contributed by atoms with Crippen LogP contribution in [-0.4, -0.2) is 122 Å². The molecule has 8 N–H and O–H groups in total. The summed E-state index contributed by atoms with van der Waals surface area (Å²) in [7, 11) is 0. The number of aliphatic hydroxyl groups is 5. The Morgan fingerprint density at radius 3 is 2.36 bits per heavy atom. The largest absolute Gasteiger partial charge is 0.481 e. The van der Waals surface area contributed by atoms with Crippen LogP contribution in [0.2, 0.25) is 0 Å². The molecule has 0 amide bonds. The number of fused-ring (bicyclic) bond motifs is 3. The highest BCUT2D eigenvalue weighted by molar-refractivity contribution is 5.82. The second-order valence-corrected chi connectivity index (χ2v) is 12.6. The fourth-order valence-corrected chi connectivity index (χ4v) is 6.00. The summed E-state index contributed by atoms with van der Waals surface area (Å²) >= 11 is 0. The quantitative estimate of drug-likeness (QED) is 0.157. The van der Waals surface area contributed by atoms with Gasteiger partial charge in [0, 0.05) is 38.2 Å². The lowest BCUT2D eigenvalue weighted by Crippen LogP contribution is -2.61. The molecular weight excluding hydrogens is 618 g/mol. The second-order valence-electron chi connectivity index (χ2n) is 12.6.